The standard InChI is InChI=1S/C14H12ClN5O/c15-10-3-4-11(14-9(10)2-1-6-17-14)18-13(21)8-20-7-5-12(16)19-20/h1-7H,8H2,(H2,16,19)(H,18,21). The zero-order chi connectivity index (χ0) is 14.8. The molecule has 106 valence electrons. The summed E-state index contributed by atoms with van der Waals surface area (Å²) < 4.78 is 1.47. The number of hydrogen-bond acceptors (Lipinski definition) is 4. The number of nitrogens with one attached hydrogen (secondary N) is 1. The van der Waals surface area contributed by atoms with Crippen LogP contribution in [0.15, 0.2) is 42.7 Å². The van der Waals surface area contributed by atoms with Crippen molar-refractivity contribution < 1.29 is 4.79 Å². The highest BCUT2D eigenvalue weighted by atomic mass is 35.5. The maximum atomic E-state index is 12.0. The van der Waals surface area contributed by atoms with E-state index in [-0.39, 0.29) is 12.5 Å². The first-order valence-corrected chi connectivity index (χ1v) is 6.63. The second-order valence-electron chi connectivity index (χ2n) is 4.48. The lowest BCUT2D eigenvalue weighted by Gasteiger charge is -2.09. The van der Waals surface area contributed by atoms with Gasteiger partial charge in [-0.2, -0.15) is 5.10 Å². The predicted octanol–water partition coefficient (Wildman–Crippen LogP) is 2.31. The van der Waals surface area contributed by atoms with Gasteiger partial charge >= 0.3 is 0 Å². The largest absolute Gasteiger partial charge is 0.382 e. The first-order valence-electron chi connectivity index (χ1n) is 6.25. The molecular formula is C14H12ClN5O. The number of carbonyl (C=O) groups excluding carboxylic acids is 1. The molecule has 3 aromatic rings. The normalized spacial score (nSPS) is 10.7. The number of halogens is 1. The Morgan fingerprint density at radius 1 is 1.33 bits per heavy atom. The van der Waals surface area contributed by atoms with Crippen molar-refractivity contribution in [3.8, 4) is 0 Å². The van der Waals surface area contributed by atoms with Crippen LogP contribution < -0.4 is 11.1 Å². The Hall–Kier alpha value is -2.60. The number of rotatable bonds is 3. The zero-order valence-corrected chi connectivity index (χ0v) is 11.7. The number of nitrogens with zero attached hydrogens (tertiary/aromatic N) is 3. The van der Waals surface area contributed by atoms with Crippen molar-refractivity contribution in [3.63, 3.8) is 0 Å². The first-order chi connectivity index (χ1) is 10.1. The molecular weight excluding hydrogens is 290 g/mol. The molecule has 0 saturated heterocycles. The fraction of sp³-hybridized carbons (Fsp3) is 0.0714. The second-order valence-corrected chi connectivity index (χ2v) is 4.89. The van der Waals surface area contributed by atoms with E-state index in [1.807, 2.05) is 6.07 Å². The van der Waals surface area contributed by atoms with E-state index in [0.29, 0.717) is 22.0 Å². The van der Waals surface area contributed by atoms with E-state index in [2.05, 4.69) is 15.4 Å². The topological polar surface area (TPSA) is 85.8 Å². The monoisotopic (exact) mass is 301 g/mol. The molecule has 0 aliphatic rings. The maximum absolute atomic E-state index is 12.0. The Balaban J connectivity index is 1.85. The van der Waals surface area contributed by atoms with Gasteiger partial charge in [-0.25, -0.2) is 0 Å². The molecule has 0 unspecified atom stereocenters. The molecule has 6 nitrogen and oxygen atoms in total. The van der Waals surface area contributed by atoms with E-state index in [0.717, 1.165) is 5.39 Å². The summed E-state index contributed by atoms with van der Waals surface area (Å²) in [6.07, 6.45) is 3.30. The molecule has 0 bridgehead atoms. The third-order valence-corrected chi connectivity index (χ3v) is 3.29. The van der Waals surface area contributed by atoms with Crippen molar-refractivity contribution in [2.24, 2.45) is 0 Å². The molecule has 3 rings (SSSR count). The van der Waals surface area contributed by atoms with Crippen LogP contribution in [0.4, 0.5) is 11.5 Å². The Morgan fingerprint density at radius 3 is 2.95 bits per heavy atom. The van der Waals surface area contributed by atoms with Gasteiger partial charge in [-0.15, -0.1) is 0 Å². The van der Waals surface area contributed by atoms with Crippen molar-refractivity contribution in [3.05, 3.63) is 47.7 Å². The maximum Gasteiger partial charge on any atom is 0.246 e. The highest BCUT2D eigenvalue weighted by molar-refractivity contribution is 6.35. The van der Waals surface area contributed by atoms with Crippen LogP contribution in [0.3, 0.4) is 0 Å². The van der Waals surface area contributed by atoms with Gasteiger partial charge in [-0.05, 0) is 30.3 Å². The van der Waals surface area contributed by atoms with Gasteiger partial charge in [0.1, 0.15) is 12.4 Å². The summed E-state index contributed by atoms with van der Waals surface area (Å²) in [6.45, 7) is 0.0775. The second kappa shape index (κ2) is 5.41. The minimum absolute atomic E-state index is 0.0775. The van der Waals surface area contributed by atoms with Gasteiger partial charge < -0.3 is 11.1 Å². The number of carbonyl (C=O) groups is 1. The molecule has 0 saturated carbocycles. The van der Waals surface area contributed by atoms with Crippen molar-refractivity contribution in [2.45, 2.75) is 6.54 Å². The third-order valence-electron chi connectivity index (χ3n) is 2.96. The van der Waals surface area contributed by atoms with Crippen LogP contribution in [-0.4, -0.2) is 20.7 Å². The molecule has 1 aromatic carbocycles. The van der Waals surface area contributed by atoms with Crippen LogP contribution in [0.25, 0.3) is 10.9 Å². The lowest BCUT2D eigenvalue weighted by atomic mass is 10.2. The van der Waals surface area contributed by atoms with E-state index in [1.54, 1.807) is 36.7 Å². The number of fused-ring (bicyclic) bond motifs is 1. The number of nitrogens with two attached hydrogens (primary N) is 1. The van der Waals surface area contributed by atoms with Crippen LogP contribution in [0.2, 0.25) is 5.02 Å². The summed E-state index contributed by atoms with van der Waals surface area (Å²) in [5, 5.41) is 8.16. The Labute approximate surface area is 125 Å². The number of amides is 1. The van der Waals surface area contributed by atoms with E-state index < -0.39 is 0 Å². The summed E-state index contributed by atoms with van der Waals surface area (Å²) in [5.41, 5.74) is 6.77. The Bertz CT molecular complexity index is 814. The van der Waals surface area contributed by atoms with Gasteiger partial charge in [-0.3, -0.25) is 14.5 Å². The summed E-state index contributed by atoms with van der Waals surface area (Å²) in [6, 6.07) is 8.74. The molecule has 0 atom stereocenters. The van der Waals surface area contributed by atoms with E-state index in [9.17, 15) is 4.79 Å². The van der Waals surface area contributed by atoms with Crippen molar-refractivity contribution in [1.82, 2.24) is 14.8 Å². The number of nitrogen functional groups attached to an aromatic ring is 1. The van der Waals surface area contributed by atoms with E-state index >= 15 is 0 Å². The van der Waals surface area contributed by atoms with Gasteiger partial charge in [0.25, 0.3) is 0 Å². The van der Waals surface area contributed by atoms with E-state index in [4.69, 9.17) is 17.3 Å². The molecule has 0 aliphatic heterocycles. The van der Waals surface area contributed by atoms with Crippen LogP contribution in [-0.2, 0) is 11.3 Å². The Morgan fingerprint density at radius 2 is 2.19 bits per heavy atom. The molecule has 2 aromatic heterocycles. The number of aromatic nitrogens is 3. The average Bonchev–Trinajstić information content (AvgIpc) is 2.87. The summed E-state index contributed by atoms with van der Waals surface area (Å²) in [7, 11) is 0. The van der Waals surface area contributed by atoms with Crippen molar-refractivity contribution in [2.75, 3.05) is 11.1 Å². The molecule has 0 aliphatic carbocycles. The van der Waals surface area contributed by atoms with Gasteiger partial charge in [0.2, 0.25) is 5.91 Å². The summed E-state index contributed by atoms with van der Waals surface area (Å²) in [4.78, 5) is 16.3. The smallest absolute Gasteiger partial charge is 0.246 e. The lowest BCUT2D eigenvalue weighted by Crippen LogP contribution is -2.19. The highest BCUT2D eigenvalue weighted by Gasteiger charge is 2.09. The molecule has 21 heavy (non-hydrogen) atoms. The molecule has 0 fully saturated rings. The van der Waals surface area contributed by atoms with Gasteiger partial charge in [0.05, 0.1) is 16.2 Å². The molecule has 1 amide bonds. The van der Waals surface area contributed by atoms with Crippen LogP contribution in [0.1, 0.15) is 0 Å². The summed E-state index contributed by atoms with van der Waals surface area (Å²) in [5.74, 6) is 0.161. The molecule has 0 spiro atoms. The third kappa shape index (κ3) is 2.80. The Kier molecular flexibility index (Phi) is 3.45. The van der Waals surface area contributed by atoms with Gasteiger partial charge in [0.15, 0.2) is 0 Å². The van der Waals surface area contributed by atoms with Gasteiger partial charge in [0, 0.05) is 17.8 Å². The van der Waals surface area contributed by atoms with Crippen molar-refractivity contribution in [1.29, 1.82) is 0 Å². The highest BCUT2D eigenvalue weighted by Crippen LogP contribution is 2.27. The average molecular weight is 302 g/mol. The molecule has 3 N–H and O–H groups in total. The minimum Gasteiger partial charge on any atom is -0.382 e. The fourth-order valence-corrected chi connectivity index (χ4v) is 2.26. The number of anilines is 2. The zero-order valence-electron chi connectivity index (χ0n) is 11.0. The van der Waals surface area contributed by atoms with Gasteiger partial charge in [-0.1, -0.05) is 11.6 Å². The quantitative estimate of drug-likeness (QED) is 0.777. The fourth-order valence-electron chi connectivity index (χ4n) is 2.04. The minimum atomic E-state index is -0.215. The number of pyridine rings is 1. The molecule has 7 heteroatoms. The van der Waals surface area contributed by atoms with Crippen LogP contribution in [0.5, 0.6) is 0 Å². The number of hydrogen-bond donors (Lipinski definition) is 2. The van der Waals surface area contributed by atoms with Crippen LogP contribution in [0, 0.1) is 0 Å². The molecule has 0 radical (unpaired) electrons. The summed E-state index contributed by atoms with van der Waals surface area (Å²) >= 11 is 6.12. The SMILES string of the molecule is Nc1ccn(CC(=O)Nc2ccc(Cl)c3cccnc23)n1. The molecule has 2 heterocycles. The first kappa shape index (κ1) is 13.4. The lowest BCUT2D eigenvalue weighted by molar-refractivity contribution is -0.116. The predicted molar refractivity (Wildman–Crippen MR) is 82.0 cm³/mol. The number of benzene rings is 1. The van der Waals surface area contributed by atoms with Crippen molar-refractivity contribution >= 4 is 39.9 Å². The van der Waals surface area contributed by atoms with E-state index in [1.165, 1.54) is 4.68 Å². The van der Waals surface area contributed by atoms with Crippen LogP contribution >= 0.6 is 11.6 Å².